The summed E-state index contributed by atoms with van der Waals surface area (Å²) in [5.74, 6) is -0.107. The van der Waals surface area contributed by atoms with Crippen molar-refractivity contribution in [1.82, 2.24) is 10.4 Å². The zero-order valence-electron chi connectivity index (χ0n) is 24.2. The van der Waals surface area contributed by atoms with E-state index >= 15 is 0 Å². The minimum absolute atomic E-state index is 0.00599. The van der Waals surface area contributed by atoms with Crippen LogP contribution in [0.5, 0.6) is 5.75 Å². The molecule has 0 saturated carbocycles. The molecule has 0 aliphatic carbocycles. The number of aliphatic imine (C=N–C) groups is 1. The Hall–Kier alpha value is -4.12. The Bertz CT molecular complexity index is 1280. The second-order valence-corrected chi connectivity index (χ2v) is 10.8. The molecule has 0 saturated heterocycles. The maximum atomic E-state index is 13.9. The molecule has 1 amide bonds. The van der Waals surface area contributed by atoms with E-state index in [1.165, 1.54) is 5.01 Å². The van der Waals surface area contributed by atoms with Crippen molar-refractivity contribution < 1.29 is 28.9 Å². The lowest BCUT2D eigenvalue weighted by Crippen LogP contribution is -2.52. The first-order valence-electron chi connectivity index (χ1n) is 13.4. The minimum Gasteiger partial charge on any atom is -0.494 e. The third-order valence-corrected chi connectivity index (χ3v) is 6.13. The number of hydrogen-bond acceptors (Lipinski definition) is 9. The number of carbonyl (C=O) groups is 2. The van der Waals surface area contributed by atoms with Gasteiger partial charge in [0.25, 0.3) is 5.91 Å². The number of aliphatic hydroxyl groups excluding tert-OH is 1. The van der Waals surface area contributed by atoms with Gasteiger partial charge in [-0.05, 0) is 68.1 Å². The van der Waals surface area contributed by atoms with Gasteiger partial charge in [-0.25, -0.2) is 10.0 Å². The zero-order valence-corrected chi connectivity index (χ0v) is 24.2. The summed E-state index contributed by atoms with van der Waals surface area (Å²) in [5, 5.41) is 14.2. The number of azide groups is 1. The summed E-state index contributed by atoms with van der Waals surface area (Å²) in [5.41, 5.74) is 11.4. The summed E-state index contributed by atoms with van der Waals surface area (Å²) in [4.78, 5) is 34.5. The molecule has 0 aromatic heterocycles. The zero-order chi connectivity index (χ0) is 30.0. The molecule has 0 unspecified atom stereocenters. The van der Waals surface area contributed by atoms with Crippen LogP contribution in [-0.4, -0.2) is 66.3 Å². The second kappa shape index (κ2) is 14.0. The largest absolute Gasteiger partial charge is 0.494 e. The van der Waals surface area contributed by atoms with Crippen LogP contribution in [0.2, 0.25) is 0 Å². The molecule has 41 heavy (non-hydrogen) atoms. The fraction of sp³-hybridized carbons (Fsp3) is 0.483. The second-order valence-electron chi connectivity index (χ2n) is 10.8. The van der Waals surface area contributed by atoms with Gasteiger partial charge in [-0.1, -0.05) is 29.4 Å². The first-order chi connectivity index (χ1) is 19.5. The van der Waals surface area contributed by atoms with Crippen molar-refractivity contribution in [3.8, 4) is 5.75 Å². The SMILES string of the molecule is CN(C)NC(=O)[C@@]1(CCC(=O)OC(C)(C)C)N=C(c2ccc(OCCCO)cc2)O[C@H]1c1ccccc1CN=[N+]=[N-]. The van der Waals surface area contributed by atoms with Crippen LogP contribution in [0.4, 0.5) is 0 Å². The first kappa shape index (κ1) is 31.4. The summed E-state index contributed by atoms with van der Waals surface area (Å²) < 4.78 is 17.6. The number of aliphatic hydroxyl groups is 1. The molecule has 2 aromatic carbocycles. The van der Waals surface area contributed by atoms with Gasteiger partial charge < -0.3 is 19.3 Å². The lowest BCUT2D eigenvalue weighted by Gasteiger charge is -2.32. The molecule has 2 atom stereocenters. The molecule has 3 rings (SSSR count). The van der Waals surface area contributed by atoms with Crippen LogP contribution < -0.4 is 10.2 Å². The Kier molecular flexibility index (Phi) is 10.7. The number of ether oxygens (including phenoxy) is 3. The normalized spacial score (nSPS) is 18.2. The lowest BCUT2D eigenvalue weighted by atomic mass is 9.82. The highest BCUT2D eigenvalue weighted by Gasteiger charge is 2.54. The van der Waals surface area contributed by atoms with Gasteiger partial charge in [-0.2, -0.15) is 0 Å². The number of benzene rings is 2. The number of hydrogen-bond donors (Lipinski definition) is 2. The molecule has 0 bridgehead atoms. The van der Waals surface area contributed by atoms with E-state index in [9.17, 15) is 9.59 Å². The number of nitrogens with one attached hydrogen (secondary N) is 1. The Morgan fingerprint density at radius 1 is 1.20 bits per heavy atom. The third kappa shape index (κ3) is 8.43. The summed E-state index contributed by atoms with van der Waals surface area (Å²) >= 11 is 0. The minimum atomic E-state index is -1.56. The first-order valence-corrected chi connectivity index (χ1v) is 13.4. The molecule has 2 N–H and O–H groups in total. The van der Waals surface area contributed by atoms with Crippen LogP contribution in [0.25, 0.3) is 10.4 Å². The molecule has 0 radical (unpaired) electrons. The third-order valence-electron chi connectivity index (χ3n) is 6.13. The number of rotatable bonds is 13. The molecule has 0 spiro atoms. The smallest absolute Gasteiger partial charge is 0.306 e. The van der Waals surface area contributed by atoms with E-state index in [1.54, 1.807) is 83.4 Å². The summed E-state index contributed by atoms with van der Waals surface area (Å²) in [6.07, 6.45) is -0.528. The summed E-state index contributed by atoms with van der Waals surface area (Å²) in [6.45, 7) is 5.78. The molecule has 12 nitrogen and oxygen atoms in total. The monoisotopic (exact) mass is 566 g/mol. The molecule has 1 heterocycles. The van der Waals surface area contributed by atoms with Crippen molar-refractivity contribution in [2.45, 2.75) is 63.8 Å². The molecule has 1 aliphatic rings. The maximum absolute atomic E-state index is 13.9. The average molecular weight is 567 g/mol. The fourth-order valence-corrected chi connectivity index (χ4v) is 4.37. The number of esters is 1. The van der Waals surface area contributed by atoms with Crippen molar-refractivity contribution in [3.63, 3.8) is 0 Å². The Labute approximate surface area is 239 Å². The maximum Gasteiger partial charge on any atom is 0.306 e. The molecule has 220 valence electrons. The van der Waals surface area contributed by atoms with Gasteiger partial charge in [0.2, 0.25) is 5.90 Å². The van der Waals surface area contributed by atoms with Crippen LogP contribution in [0, 0.1) is 0 Å². The fourth-order valence-electron chi connectivity index (χ4n) is 4.37. The van der Waals surface area contributed by atoms with Crippen LogP contribution in [0.3, 0.4) is 0 Å². The van der Waals surface area contributed by atoms with Crippen LogP contribution >= 0.6 is 0 Å². The Balaban J connectivity index is 2.09. The van der Waals surface area contributed by atoms with Gasteiger partial charge in [0.15, 0.2) is 11.6 Å². The number of carbonyl (C=O) groups excluding carboxylic acids is 2. The van der Waals surface area contributed by atoms with Crippen LogP contribution in [-0.2, 0) is 25.6 Å². The van der Waals surface area contributed by atoms with E-state index in [4.69, 9.17) is 29.8 Å². The van der Waals surface area contributed by atoms with Crippen LogP contribution in [0.15, 0.2) is 58.6 Å². The highest BCUT2D eigenvalue weighted by molar-refractivity contribution is 6.01. The standard InChI is InChI=1S/C29H38N6O6/c1-28(2,3)41-24(37)15-16-29(27(38)33-35(4)5)25(23-10-7-6-9-21(23)19-31-34-30)40-26(32-29)20-11-13-22(14-12-20)39-18-8-17-36/h6-7,9-14,25,36H,8,15-19H2,1-5H3,(H,33,38)/t25-,29-/m0/s1. The predicted octanol–water partition coefficient (Wildman–Crippen LogP) is 4.23. The van der Waals surface area contributed by atoms with E-state index in [0.717, 1.165) is 0 Å². The van der Waals surface area contributed by atoms with Crippen molar-refractivity contribution in [1.29, 1.82) is 0 Å². The van der Waals surface area contributed by atoms with E-state index in [0.29, 0.717) is 35.5 Å². The van der Waals surface area contributed by atoms with Crippen molar-refractivity contribution in [2.75, 3.05) is 27.3 Å². The predicted molar refractivity (Wildman–Crippen MR) is 153 cm³/mol. The highest BCUT2D eigenvalue weighted by atomic mass is 16.6. The van der Waals surface area contributed by atoms with Crippen molar-refractivity contribution >= 4 is 17.8 Å². The summed E-state index contributed by atoms with van der Waals surface area (Å²) in [7, 11) is 3.36. The summed E-state index contributed by atoms with van der Waals surface area (Å²) in [6, 6.07) is 14.2. The van der Waals surface area contributed by atoms with Crippen molar-refractivity contribution in [3.05, 3.63) is 75.7 Å². The number of amides is 1. The number of hydrazine groups is 1. The van der Waals surface area contributed by atoms with Gasteiger partial charge >= 0.3 is 5.97 Å². The topological polar surface area (TPSA) is 158 Å². The molecule has 12 heteroatoms. The quantitative estimate of drug-likeness (QED) is 0.0917. The molecule has 0 fully saturated rings. The molecule has 2 aromatic rings. The van der Waals surface area contributed by atoms with Gasteiger partial charge in [0.1, 0.15) is 11.4 Å². The van der Waals surface area contributed by atoms with Gasteiger partial charge in [-0.15, -0.1) is 0 Å². The molecule has 1 aliphatic heterocycles. The van der Waals surface area contributed by atoms with E-state index in [1.807, 2.05) is 0 Å². The van der Waals surface area contributed by atoms with Crippen molar-refractivity contribution in [2.24, 2.45) is 10.1 Å². The van der Waals surface area contributed by atoms with Crippen LogP contribution in [0.1, 0.15) is 62.8 Å². The van der Waals surface area contributed by atoms with E-state index < -0.39 is 29.1 Å². The Morgan fingerprint density at radius 2 is 1.90 bits per heavy atom. The molecular formula is C29H38N6O6. The highest BCUT2D eigenvalue weighted by Crippen LogP contribution is 2.44. The van der Waals surface area contributed by atoms with E-state index in [2.05, 4.69) is 15.5 Å². The average Bonchev–Trinajstić information content (AvgIpc) is 3.31. The Morgan fingerprint density at radius 3 is 2.54 bits per heavy atom. The number of nitrogens with zero attached hydrogens (tertiary/aromatic N) is 5. The van der Waals surface area contributed by atoms with Gasteiger partial charge in [-0.3, -0.25) is 15.0 Å². The van der Waals surface area contributed by atoms with E-state index in [-0.39, 0.29) is 31.9 Å². The lowest BCUT2D eigenvalue weighted by molar-refractivity contribution is -0.155. The van der Waals surface area contributed by atoms with Gasteiger partial charge in [0.05, 0.1) is 13.2 Å². The molecular weight excluding hydrogens is 528 g/mol. The van der Waals surface area contributed by atoms with Gasteiger partial charge in [0, 0.05) is 44.0 Å².